The molecule has 0 amide bonds. The molecule has 1 unspecified atom stereocenters. The first-order chi connectivity index (χ1) is 9.35. The minimum Gasteiger partial charge on any atom is -0.388 e. The first kappa shape index (κ1) is 13.4. The van der Waals surface area contributed by atoms with Gasteiger partial charge in [0, 0.05) is 12.7 Å². The molecule has 0 aromatic heterocycles. The van der Waals surface area contributed by atoms with Crippen LogP contribution in [0.15, 0.2) is 66.7 Å². The molecule has 0 heterocycles. The number of benzene rings is 2. The Hall–Kier alpha value is -2.06. The molecule has 2 rings (SSSR count). The van der Waals surface area contributed by atoms with E-state index >= 15 is 0 Å². The van der Waals surface area contributed by atoms with Gasteiger partial charge in [0.15, 0.2) is 0 Å². The van der Waals surface area contributed by atoms with Crippen LogP contribution in [0.2, 0.25) is 0 Å². The van der Waals surface area contributed by atoms with Gasteiger partial charge < -0.3 is 10.6 Å². The average molecular weight is 252 g/mol. The lowest BCUT2D eigenvalue weighted by Gasteiger charge is -2.15. The van der Waals surface area contributed by atoms with E-state index in [-0.39, 0.29) is 6.04 Å². The Bertz CT molecular complexity index is 517. The van der Waals surface area contributed by atoms with Crippen LogP contribution in [0, 0.1) is 0 Å². The summed E-state index contributed by atoms with van der Waals surface area (Å²) in [5.74, 6) is 0. The lowest BCUT2D eigenvalue weighted by Crippen LogP contribution is -2.16. The van der Waals surface area contributed by atoms with Crippen molar-refractivity contribution in [2.45, 2.75) is 6.04 Å². The maximum Gasteiger partial charge on any atom is 0.0526 e. The third-order valence-electron chi connectivity index (χ3n) is 3.16. The molecule has 2 heteroatoms. The zero-order chi connectivity index (χ0) is 13.5. The predicted octanol–water partition coefficient (Wildman–Crippen LogP) is 3.21. The summed E-state index contributed by atoms with van der Waals surface area (Å²) in [5.41, 5.74) is 3.58. The van der Waals surface area contributed by atoms with Crippen LogP contribution in [0.5, 0.6) is 0 Å². The molecule has 19 heavy (non-hydrogen) atoms. The van der Waals surface area contributed by atoms with Gasteiger partial charge >= 0.3 is 0 Å². The first-order valence-corrected chi connectivity index (χ1v) is 6.52. The van der Waals surface area contributed by atoms with Gasteiger partial charge in [0.25, 0.3) is 0 Å². The summed E-state index contributed by atoms with van der Waals surface area (Å²) in [7, 11) is 3.93. The third kappa shape index (κ3) is 3.46. The standard InChI is InChI=1S/C17H20N2/c1-18-16(14-9-5-3-6-10-14)13-17(19-2)15-11-7-4-8-12-15/h3-13,16,18-19H,1-2H3/b17-13-. The summed E-state index contributed by atoms with van der Waals surface area (Å²) >= 11 is 0. The fraction of sp³-hybridized carbons (Fsp3) is 0.176. The summed E-state index contributed by atoms with van der Waals surface area (Å²) < 4.78 is 0. The van der Waals surface area contributed by atoms with Gasteiger partial charge in [-0.2, -0.15) is 0 Å². The van der Waals surface area contributed by atoms with Crippen LogP contribution in [-0.4, -0.2) is 14.1 Å². The van der Waals surface area contributed by atoms with Crippen LogP contribution < -0.4 is 10.6 Å². The highest BCUT2D eigenvalue weighted by Crippen LogP contribution is 2.19. The van der Waals surface area contributed by atoms with Crippen LogP contribution >= 0.6 is 0 Å². The van der Waals surface area contributed by atoms with E-state index in [1.165, 1.54) is 11.1 Å². The lowest BCUT2D eigenvalue weighted by atomic mass is 10.0. The lowest BCUT2D eigenvalue weighted by molar-refractivity contribution is 0.713. The fourth-order valence-corrected chi connectivity index (χ4v) is 2.11. The van der Waals surface area contributed by atoms with Crippen molar-refractivity contribution in [1.82, 2.24) is 10.6 Å². The number of nitrogens with one attached hydrogen (secondary N) is 2. The molecule has 98 valence electrons. The Morgan fingerprint density at radius 3 is 2.00 bits per heavy atom. The zero-order valence-corrected chi connectivity index (χ0v) is 11.4. The van der Waals surface area contributed by atoms with Gasteiger partial charge in [0.2, 0.25) is 0 Å². The number of hydrogen-bond acceptors (Lipinski definition) is 2. The SMILES string of the molecule is CN/C(=C\C(NC)c1ccccc1)c1ccccc1. The van der Waals surface area contributed by atoms with Gasteiger partial charge in [-0.3, -0.25) is 0 Å². The molecule has 0 bridgehead atoms. The maximum atomic E-state index is 3.34. The highest BCUT2D eigenvalue weighted by Gasteiger charge is 2.07. The highest BCUT2D eigenvalue weighted by molar-refractivity contribution is 5.64. The third-order valence-corrected chi connectivity index (χ3v) is 3.16. The van der Waals surface area contributed by atoms with Crippen molar-refractivity contribution in [1.29, 1.82) is 0 Å². The van der Waals surface area contributed by atoms with Crippen molar-refractivity contribution in [3.63, 3.8) is 0 Å². The van der Waals surface area contributed by atoms with E-state index in [0.717, 1.165) is 5.70 Å². The molecule has 0 saturated carbocycles. The molecule has 0 aliphatic heterocycles. The molecule has 2 aromatic carbocycles. The van der Waals surface area contributed by atoms with E-state index in [2.05, 4.69) is 65.2 Å². The Labute approximate surface area is 115 Å². The van der Waals surface area contributed by atoms with Crippen molar-refractivity contribution in [3.05, 3.63) is 77.9 Å². The summed E-state index contributed by atoms with van der Waals surface area (Å²) in [6.07, 6.45) is 2.21. The van der Waals surface area contributed by atoms with E-state index in [9.17, 15) is 0 Å². The van der Waals surface area contributed by atoms with Gasteiger partial charge in [-0.05, 0) is 24.3 Å². The summed E-state index contributed by atoms with van der Waals surface area (Å²) in [5, 5.41) is 6.61. The second-order valence-electron chi connectivity index (χ2n) is 4.37. The summed E-state index contributed by atoms with van der Waals surface area (Å²) in [6.45, 7) is 0. The second kappa shape index (κ2) is 6.76. The highest BCUT2D eigenvalue weighted by atomic mass is 14.9. The monoisotopic (exact) mass is 252 g/mol. The number of hydrogen-bond donors (Lipinski definition) is 2. The molecule has 0 radical (unpaired) electrons. The molecule has 0 aliphatic carbocycles. The first-order valence-electron chi connectivity index (χ1n) is 6.52. The number of likely N-dealkylation sites (N-methyl/N-ethyl adjacent to an activating group) is 1. The minimum absolute atomic E-state index is 0.198. The molecule has 0 fully saturated rings. The maximum absolute atomic E-state index is 3.34. The van der Waals surface area contributed by atoms with Crippen LogP contribution in [0.25, 0.3) is 5.70 Å². The molecule has 0 spiro atoms. The Morgan fingerprint density at radius 2 is 1.47 bits per heavy atom. The summed E-state index contributed by atoms with van der Waals surface area (Å²) in [6, 6.07) is 21.0. The quantitative estimate of drug-likeness (QED) is 0.854. The van der Waals surface area contributed by atoms with Gasteiger partial charge in [-0.25, -0.2) is 0 Å². The molecule has 1 atom stereocenters. The topological polar surface area (TPSA) is 24.1 Å². The van der Waals surface area contributed by atoms with Crippen LogP contribution in [0.3, 0.4) is 0 Å². The van der Waals surface area contributed by atoms with E-state index in [4.69, 9.17) is 0 Å². The van der Waals surface area contributed by atoms with Crippen LogP contribution in [0.1, 0.15) is 17.2 Å². The van der Waals surface area contributed by atoms with Crippen molar-refractivity contribution in [3.8, 4) is 0 Å². The fourth-order valence-electron chi connectivity index (χ4n) is 2.11. The normalized spacial score (nSPS) is 13.1. The molecule has 2 nitrogen and oxygen atoms in total. The van der Waals surface area contributed by atoms with Crippen LogP contribution in [0.4, 0.5) is 0 Å². The largest absolute Gasteiger partial charge is 0.388 e. The molecular weight excluding hydrogens is 232 g/mol. The Balaban J connectivity index is 2.31. The van der Waals surface area contributed by atoms with E-state index < -0.39 is 0 Å². The van der Waals surface area contributed by atoms with Crippen molar-refractivity contribution in [2.24, 2.45) is 0 Å². The molecular formula is C17H20N2. The molecule has 2 N–H and O–H groups in total. The Kier molecular flexibility index (Phi) is 4.76. The van der Waals surface area contributed by atoms with E-state index in [1.807, 2.05) is 26.2 Å². The molecule has 2 aromatic rings. The predicted molar refractivity (Wildman–Crippen MR) is 81.7 cm³/mol. The van der Waals surface area contributed by atoms with E-state index in [0.29, 0.717) is 0 Å². The van der Waals surface area contributed by atoms with Crippen molar-refractivity contribution < 1.29 is 0 Å². The van der Waals surface area contributed by atoms with E-state index in [1.54, 1.807) is 0 Å². The zero-order valence-electron chi connectivity index (χ0n) is 11.4. The van der Waals surface area contributed by atoms with Crippen LogP contribution in [-0.2, 0) is 0 Å². The van der Waals surface area contributed by atoms with Crippen molar-refractivity contribution in [2.75, 3.05) is 14.1 Å². The Morgan fingerprint density at radius 1 is 0.895 bits per heavy atom. The van der Waals surface area contributed by atoms with Crippen molar-refractivity contribution >= 4 is 5.70 Å². The van der Waals surface area contributed by atoms with Gasteiger partial charge in [-0.1, -0.05) is 60.7 Å². The van der Waals surface area contributed by atoms with Gasteiger partial charge in [0.05, 0.1) is 6.04 Å². The van der Waals surface area contributed by atoms with Gasteiger partial charge in [-0.15, -0.1) is 0 Å². The minimum atomic E-state index is 0.198. The summed E-state index contributed by atoms with van der Waals surface area (Å²) in [4.78, 5) is 0. The average Bonchev–Trinajstić information content (AvgIpc) is 2.50. The molecule has 0 saturated heterocycles. The van der Waals surface area contributed by atoms with Gasteiger partial charge in [0.1, 0.15) is 0 Å². The molecule has 0 aliphatic rings. The number of rotatable bonds is 5. The smallest absolute Gasteiger partial charge is 0.0526 e. The second-order valence-corrected chi connectivity index (χ2v) is 4.37.